The fourth-order valence-corrected chi connectivity index (χ4v) is 3.20. The van der Waals surface area contributed by atoms with Gasteiger partial charge in [0.05, 0.1) is 26.0 Å². The lowest BCUT2D eigenvalue weighted by Crippen LogP contribution is -2.36. The van der Waals surface area contributed by atoms with E-state index in [-0.39, 0.29) is 0 Å². The number of methoxy groups -OCH3 is 1. The minimum absolute atomic E-state index is 0.772. The van der Waals surface area contributed by atoms with E-state index in [4.69, 9.17) is 9.47 Å². The van der Waals surface area contributed by atoms with E-state index < -0.39 is 0 Å². The maximum atomic E-state index is 5.56. The van der Waals surface area contributed by atoms with Crippen LogP contribution in [0.3, 0.4) is 0 Å². The Balaban J connectivity index is 1.83. The van der Waals surface area contributed by atoms with Gasteiger partial charge in [-0.15, -0.1) is 0 Å². The average Bonchev–Trinajstić information content (AvgIpc) is 2.61. The molecular weight excluding hydrogens is 368 g/mol. The summed E-state index contributed by atoms with van der Waals surface area (Å²) in [5.41, 5.74) is 4.21. The molecular formula is C19H21BrN2O2. The van der Waals surface area contributed by atoms with Crippen LogP contribution >= 0.6 is 15.9 Å². The number of halogens is 1. The minimum Gasteiger partial charge on any atom is -0.496 e. The second-order valence-corrected chi connectivity index (χ2v) is 6.63. The van der Waals surface area contributed by atoms with Crippen molar-refractivity contribution >= 4 is 33.5 Å². The number of rotatable bonds is 4. The summed E-state index contributed by atoms with van der Waals surface area (Å²) < 4.78 is 12.0. The second-order valence-electron chi connectivity index (χ2n) is 5.71. The first-order valence-corrected chi connectivity index (χ1v) is 8.77. The Bertz CT molecular complexity index is 740. The highest BCUT2D eigenvalue weighted by Crippen LogP contribution is 2.27. The molecule has 4 nitrogen and oxygen atoms in total. The van der Waals surface area contributed by atoms with Crippen LogP contribution in [0.1, 0.15) is 11.1 Å². The van der Waals surface area contributed by atoms with E-state index >= 15 is 0 Å². The topological polar surface area (TPSA) is 34.1 Å². The van der Waals surface area contributed by atoms with E-state index in [1.54, 1.807) is 7.11 Å². The number of anilines is 1. The molecule has 2 aromatic carbocycles. The lowest BCUT2D eigenvalue weighted by atomic mass is 10.1. The van der Waals surface area contributed by atoms with Gasteiger partial charge in [0.1, 0.15) is 5.75 Å². The molecule has 1 aliphatic rings. The third-order valence-corrected chi connectivity index (χ3v) is 4.59. The first-order chi connectivity index (χ1) is 11.7. The Morgan fingerprint density at radius 3 is 2.67 bits per heavy atom. The van der Waals surface area contributed by atoms with E-state index in [0.717, 1.165) is 59.0 Å². The van der Waals surface area contributed by atoms with Crippen LogP contribution in [0.2, 0.25) is 0 Å². The number of nitrogens with zero attached hydrogens (tertiary/aromatic N) is 2. The molecule has 1 aliphatic heterocycles. The molecule has 0 radical (unpaired) electrons. The molecule has 0 saturated carbocycles. The number of hydrogen-bond acceptors (Lipinski definition) is 4. The highest BCUT2D eigenvalue weighted by atomic mass is 79.9. The normalized spacial score (nSPS) is 15.0. The van der Waals surface area contributed by atoms with Gasteiger partial charge >= 0.3 is 0 Å². The lowest BCUT2D eigenvalue weighted by molar-refractivity contribution is 0.122. The molecule has 0 amide bonds. The molecule has 2 aromatic rings. The Labute approximate surface area is 151 Å². The first kappa shape index (κ1) is 17.0. The summed E-state index contributed by atoms with van der Waals surface area (Å²) in [4.78, 5) is 6.92. The molecule has 1 saturated heterocycles. The number of hydrogen-bond donors (Lipinski definition) is 0. The van der Waals surface area contributed by atoms with Crippen molar-refractivity contribution in [1.29, 1.82) is 0 Å². The van der Waals surface area contributed by atoms with Gasteiger partial charge in [0.25, 0.3) is 0 Å². The molecule has 0 N–H and O–H groups in total. The van der Waals surface area contributed by atoms with Crippen molar-refractivity contribution in [1.82, 2.24) is 0 Å². The smallest absolute Gasteiger partial charge is 0.129 e. The van der Waals surface area contributed by atoms with Crippen LogP contribution in [0.25, 0.3) is 0 Å². The predicted octanol–water partition coefficient (Wildman–Crippen LogP) is 4.35. The van der Waals surface area contributed by atoms with Crippen LogP contribution < -0.4 is 9.64 Å². The van der Waals surface area contributed by atoms with E-state index in [0.29, 0.717) is 0 Å². The van der Waals surface area contributed by atoms with Crippen LogP contribution in [0.15, 0.2) is 45.9 Å². The van der Waals surface area contributed by atoms with Crippen molar-refractivity contribution in [2.75, 3.05) is 38.3 Å². The molecule has 5 heteroatoms. The summed E-state index contributed by atoms with van der Waals surface area (Å²) in [5, 5.41) is 0. The van der Waals surface area contributed by atoms with Gasteiger partial charge in [-0.25, -0.2) is 0 Å². The van der Waals surface area contributed by atoms with Crippen LogP contribution in [-0.2, 0) is 4.74 Å². The summed E-state index contributed by atoms with van der Waals surface area (Å²) >= 11 is 3.48. The zero-order valence-electron chi connectivity index (χ0n) is 14.0. The standard InChI is InChI=1S/C19H21BrN2O2/c1-14-11-16(20)4-6-18(14)21-13-15-3-5-17(12-19(15)23-2)22-7-9-24-10-8-22/h3-6,11-13H,7-10H2,1-2H3. The Hall–Kier alpha value is -1.85. The summed E-state index contributed by atoms with van der Waals surface area (Å²) in [6, 6.07) is 12.3. The van der Waals surface area contributed by atoms with E-state index in [9.17, 15) is 0 Å². The molecule has 0 atom stereocenters. The number of morpholine rings is 1. The van der Waals surface area contributed by atoms with Gasteiger partial charge in [-0.1, -0.05) is 15.9 Å². The molecule has 1 fully saturated rings. The van der Waals surface area contributed by atoms with Crippen LogP contribution in [0.4, 0.5) is 11.4 Å². The summed E-state index contributed by atoms with van der Waals surface area (Å²) in [5.74, 6) is 0.831. The second kappa shape index (κ2) is 7.81. The Morgan fingerprint density at radius 2 is 1.96 bits per heavy atom. The molecule has 0 spiro atoms. The van der Waals surface area contributed by atoms with Gasteiger partial charge in [-0.3, -0.25) is 4.99 Å². The molecule has 24 heavy (non-hydrogen) atoms. The fraction of sp³-hybridized carbons (Fsp3) is 0.316. The van der Waals surface area contributed by atoms with E-state index in [1.165, 1.54) is 0 Å². The zero-order valence-corrected chi connectivity index (χ0v) is 15.5. The highest BCUT2D eigenvalue weighted by Gasteiger charge is 2.13. The van der Waals surface area contributed by atoms with Crippen molar-refractivity contribution in [3.05, 3.63) is 52.0 Å². The predicted molar refractivity (Wildman–Crippen MR) is 102 cm³/mol. The van der Waals surface area contributed by atoms with Crippen molar-refractivity contribution in [3.8, 4) is 5.75 Å². The number of aliphatic imine (C=N–C) groups is 1. The van der Waals surface area contributed by atoms with Gasteiger partial charge in [-0.05, 0) is 42.8 Å². The van der Waals surface area contributed by atoms with Gasteiger partial charge in [0.15, 0.2) is 0 Å². The van der Waals surface area contributed by atoms with Crippen molar-refractivity contribution in [2.45, 2.75) is 6.92 Å². The molecule has 0 bridgehead atoms. The Morgan fingerprint density at radius 1 is 1.17 bits per heavy atom. The highest BCUT2D eigenvalue weighted by molar-refractivity contribution is 9.10. The molecule has 0 aliphatic carbocycles. The zero-order chi connectivity index (χ0) is 16.9. The van der Waals surface area contributed by atoms with Crippen molar-refractivity contribution in [3.63, 3.8) is 0 Å². The van der Waals surface area contributed by atoms with Crippen LogP contribution in [-0.4, -0.2) is 39.6 Å². The van der Waals surface area contributed by atoms with Gasteiger partial charge < -0.3 is 14.4 Å². The fourth-order valence-electron chi connectivity index (χ4n) is 2.73. The SMILES string of the molecule is COc1cc(N2CCOCC2)ccc1C=Nc1ccc(Br)cc1C. The maximum Gasteiger partial charge on any atom is 0.129 e. The number of ether oxygens (including phenoxy) is 2. The maximum absolute atomic E-state index is 5.56. The monoisotopic (exact) mass is 388 g/mol. The number of aryl methyl sites for hydroxylation is 1. The van der Waals surface area contributed by atoms with Gasteiger partial charge in [-0.2, -0.15) is 0 Å². The quantitative estimate of drug-likeness (QED) is 0.729. The molecule has 1 heterocycles. The molecule has 0 aromatic heterocycles. The van der Waals surface area contributed by atoms with Crippen LogP contribution in [0.5, 0.6) is 5.75 Å². The van der Waals surface area contributed by atoms with E-state index in [2.05, 4.69) is 57.0 Å². The third kappa shape index (κ3) is 3.97. The molecule has 3 rings (SSSR count). The van der Waals surface area contributed by atoms with Crippen LogP contribution in [0, 0.1) is 6.92 Å². The molecule has 0 unspecified atom stereocenters. The van der Waals surface area contributed by atoms with E-state index in [1.807, 2.05) is 18.3 Å². The third-order valence-electron chi connectivity index (χ3n) is 4.09. The summed E-state index contributed by atoms with van der Waals surface area (Å²) in [6.45, 7) is 5.42. The summed E-state index contributed by atoms with van der Waals surface area (Å²) in [6.07, 6.45) is 1.86. The van der Waals surface area contributed by atoms with Gasteiger partial charge in [0, 0.05) is 41.1 Å². The average molecular weight is 389 g/mol. The lowest BCUT2D eigenvalue weighted by Gasteiger charge is -2.29. The van der Waals surface area contributed by atoms with Crippen molar-refractivity contribution in [2.24, 2.45) is 4.99 Å². The minimum atomic E-state index is 0.772. The Kier molecular flexibility index (Phi) is 5.53. The molecule has 126 valence electrons. The summed E-state index contributed by atoms with van der Waals surface area (Å²) in [7, 11) is 1.70. The first-order valence-electron chi connectivity index (χ1n) is 7.98. The number of benzene rings is 2. The largest absolute Gasteiger partial charge is 0.496 e. The van der Waals surface area contributed by atoms with Crippen molar-refractivity contribution < 1.29 is 9.47 Å². The van der Waals surface area contributed by atoms with Gasteiger partial charge in [0.2, 0.25) is 0 Å².